The Kier molecular flexibility index (Phi) is 7.29. The Morgan fingerprint density at radius 1 is 1.11 bits per heavy atom. The zero-order valence-corrected chi connectivity index (χ0v) is 16.8. The van der Waals surface area contributed by atoms with Crippen LogP contribution in [0.4, 0.5) is 0 Å². The molecule has 2 aromatic rings. The van der Waals surface area contributed by atoms with Gasteiger partial charge in [-0.25, -0.2) is 0 Å². The van der Waals surface area contributed by atoms with E-state index in [0.29, 0.717) is 30.3 Å². The number of amides is 1. The second-order valence-corrected chi connectivity index (χ2v) is 7.34. The summed E-state index contributed by atoms with van der Waals surface area (Å²) in [5.41, 5.74) is 1.59. The van der Waals surface area contributed by atoms with Crippen LogP contribution in [-0.2, 0) is 6.61 Å². The number of rotatable bonds is 8. The number of ether oxygens (including phenoxy) is 2. The summed E-state index contributed by atoms with van der Waals surface area (Å²) in [6, 6.07) is 9.49. The summed E-state index contributed by atoms with van der Waals surface area (Å²) in [5.74, 6) is 1.99. The van der Waals surface area contributed by atoms with E-state index in [1.165, 1.54) is 19.3 Å². The zero-order valence-electron chi connectivity index (χ0n) is 16.8. The first-order valence-corrected chi connectivity index (χ1v) is 10.3. The molecule has 0 atom stereocenters. The topological polar surface area (TPSA) is 60.5 Å². The van der Waals surface area contributed by atoms with Gasteiger partial charge in [0, 0.05) is 29.6 Å². The molecule has 1 aromatic heterocycles. The maximum absolute atomic E-state index is 12.7. The van der Waals surface area contributed by atoms with Gasteiger partial charge in [-0.15, -0.1) is 0 Å². The summed E-state index contributed by atoms with van der Waals surface area (Å²) in [6.45, 7) is 5.08. The fraction of sp³-hybridized carbons (Fsp3) is 0.478. The van der Waals surface area contributed by atoms with Gasteiger partial charge in [0.25, 0.3) is 5.91 Å². The van der Waals surface area contributed by atoms with Gasteiger partial charge in [0.15, 0.2) is 11.5 Å². The van der Waals surface area contributed by atoms with Crippen LogP contribution in [0.3, 0.4) is 0 Å². The lowest BCUT2D eigenvalue weighted by Gasteiger charge is -2.28. The first kappa shape index (κ1) is 20.2. The van der Waals surface area contributed by atoms with E-state index in [-0.39, 0.29) is 11.9 Å². The molecule has 5 nitrogen and oxygen atoms in total. The number of carbonyl (C=O) groups is 1. The van der Waals surface area contributed by atoms with Crippen molar-refractivity contribution in [3.8, 4) is 11.5 Å². The number of nitrogens with one attached hydrogen (secondary N) is 1. The lowest BCUT2D eigenvalue weighted by Crippen LogP contribution is -2.37. The Labute approximate surface area is 167 Å². The minimum atomic E-state index is -0.0419. The van der Waals surface area contributed by atoms with Crippen molar-refractivity contribution in [3.63, 3.8) is 0 Å². The van der Waals surface area contributed by atoms with Crippen molar-refractivity contribution in [3.05, 3.63) is 53.9 Å². The van der Waals surface area contributed by atoms with E-state index in [1.807, 2.05) is 25.1 Å². The molecule has 5 heteroatoms. The molecule has 0 unspecified atom stereocenters. The smallest absolute Gasteiger partial charge is 0.251 e. The maximum Gasteiger partial charge on any atom is 0.251 e. The average molecular weight is 383 g/mol. The third-order valence-electron chi connectivity index (χ3n) is 5.38. The summed E-state index contributed by atoms with van der Waals surface area (Å²) < 4.78 is 11.6. The van der Waals surface area contributed by atoms with Crippen LogP contribution in [0.2, 0.25) is 0 Å². The van der Waals surface area contributed by atoms with Crippen LogP contribution in [0.5, 0.6) is 11.5 Å². The van der Waals surface area contributed by atoms with Gasteiger partial charge in [0.05, 0.1) is 6.61 Å². The predicted molar refractivity (Wildman–Crippen MR) is 110 cm³/mol. The number of carbonyl (C=O) groups excluding carboxylic acids is 1. The van der Waals surface area contributed by atoms with E-state index in [0.717, 1.165) is 24.3 Å². The summed E-state index contributed by atoms with van der Waals surface area (Å²) in [7, 11) is 0. The van der Waals surface area contributed by atoms with Crippen molar-refractivity contribution in [2.75, 3.05) is 6.61 Å². The van der Waals surface area contributed by atoms with Crippen LogP contribution >= 0.6 is 0 Å². The molecule has 1 aliphatic carbocycles. The molecule has 28 heavy (non-hydrogen) atoms. The predicted octanol–water partition coefficient (Wildman–Crippen LogP) is 4.76. The van der Waals surface area contributed by atoms with Crippen molar-refractivity contribution in [1.82, 2.24) is 10.3 Å². The lowest BCUT2D eigenvalue weighted by molar-refractivity contribution is 0.0921. The Morgan fingerprint density at radius 2 is 1.93 bits per heavy atom. The number of hydrogen-bond donors (Lipinski definition) is 1. The average Bonchev–Trinajstić information content (AvgIpc) is 2.74. The molecular formula is C23H30N2O3. The summed E-state index contributed by atoms with van der Waals surface area (Å²) in [4.78, 5) is 16.8. The number of benzene rings is 1. The first-order valence-electron chi connectivity index (χ1n) is 10.3. The maximum atomic E-state index is 12.7. The highest BCUT2D eigenvalue weighted by molar-refractivity contribution is 5.95. The highest BCUT2D eigenvalue weighted by Crippen LogP contribution is 2.30. The number of hydrogen-bond acceptors (Lipinski definition) is 4. The molecule has 0 saturated heterocycles. The van der Waals surface area contributed by atoms with Crippen molar-refractivity contribution < 1.29 is 14.3 Å². The molecule has 1 aliphatic rings. The summed E-state index contributed by atoms with van der Waals surface area (Å²) in [5, 5.41) is 3.18. The summed E-state index contributed by atoms with van der Waals surface area (Å²) >= 11 is 0. The van der Waals surface area contributed by atoms with E-state index in [1.54, 1.807) is 24.5 Å². The van der Waals surface area contributed by atoms with E-state index in [9.17, 15) is 4.79 Å². The van der Waals surface area contributed by atoms with Crippen LogP contribution in [0, 0.1) is 5.92 Å². The Bertz CT molecular complexity index is 756. The van der Waals surface area contributed by atoms with E-state index >= 15 is 0 Å². The van der Waals surface area contributed by atoms with Crippen molar-refractivity contribution >= 4 is 5.91 Å². The largest absolute Gasteiger partial charge is 0.490 e. The van der Waals surface area contributed by atoms with Crippen molar-refractivity contribution in [1.29, 1.82) is 0 Å². The van der Waals surface area contributed by atoms with Crippen LogP contribution in [0.15, 0.2) is 42.7 Å². The first-order chi connectivity index (χ1) is 13.7. The molecule has 3 rings (SSSR count). The minimum absolute atomic E-state index is 0.0419. The molecule has 0 bridgehead atoms. The molecule has 1 fully saturated rings. The SMILES string of the molecule is CCOc1cc(C(=O)NC2CCC(CC)CC2)ccc1OCc1cccnc1. The second kappa shape index (κ2) is 10.1. The third kappa shape index (κ3) is 5.47. The molecule has 1 amide bonds. The Balaban J connectivity index is 1.63. The lowest BCUT2D eigenvalue weighted by atomic mass is 9.84. The van der Waals surface area contributed by atoms with E-state index in [4.69, 9.17) is 9.47 Å². The van der Waals surface area contributed by atoms with Gasteiger partial charge >= 0.3 is 0 Å². The molecule has 150 valence electrons. The van der Waals surface area contributed by atoms with Gasteiger partial charge in [-0.2, -0.15) is 0 Å². The van der Waals surface area contributed by atoms with Crippen LogP contribution in [0.1, 0.15) is 61.9 Å². The van der Waals surface area contributed by atoms with Crippen LogP contribution in [-0.4, -0.2) is 23.5 Å². The Hall–Kier alpha value is -2.56. The quantitative estimate of drug-likeness (QED) is 0.715. The molecule has 1 N–H and O–H groups in total. The van der Waals surface area contributed by atoms with E-state index < -0.39 is 0 Å². The van der Waals surface area contributed by atoms with Gasteiger partial charge in [-0.05, 0) is 62.8 Å². The Morgan fingerprint density at radius 3 is 2.61 bits per heavy atom. The van der Waals surface area contributed by atoms with Gasteiger partial charge in [0.2, 0.25) is 0 Å². The highest BCUT2D eigenvalue weighted by atomic mass is 16.5. The second-order valence-electron chi connectivity index (χ2n) is 7.34. The molecule has 1 saturated carbocycles. The highest BCUT2D eigenvalue weighted by Gasteiger charge is 2.22. The van der Waals surface area contributed by atoms with Crippen LogP contribution < -0.4 is 14.8 Å². The molecule has 1 heterocycles. The molecular weight excluding hydrogens is 352 g/mol. The molecule has 0 aliphatic heterocycles. The van der Waals surface area contributed by atoms with Crippen LogP contribution in [0.25, 0.3) is 0 Å². The minimum Gasteiger partial charge on any atom is -0.490 e. The normalized spacial score (nSPS) is 19.1. The van der Waals surface area contributed by atoms with Gasteiger partial charge < -0.3 is 14.8 Å². The number of nitrogens with zero attached hydrogens (tertiary/aromatic N) is 1. The fourth-order valence-electron chi connectivity index (χ4n) is 3.67. The van der Waals surface area contributed by atoms with Crippen molar-refractivity contribution in [2.24, 2.45) is 5.92 Å². The third-order valence-corrected chi connectivity index (χ3v) is 5.38. The standard InChI is InChI=1S/C23H30N2O3/c1-3-17-7-10-20(11-8-17)25-23(26)19-9-12-21(22(14-19)27-4-2)28-16-18-6-5-13-24-15-18/h5-6,9,12-15,17,20H,3-4,7-8,10-11,16H2,1-2H3,(H,25,26). The molecule has 0 spiro atoms. The van der Waals surface area contributed by atoms with Gasteiger partial charge in [-0.3, -0.25) is 9.78 Å². The number of pyridine rings is 1. The van der Waals surface area contributed by atoms with Gasteiger partial charge in [-0.1, -0.05) is 19.4 Å². The van der Waals surface area contributed by atoms with E-state index in [2.05, 4.69) is 17.2 Å². The monoisotopic (exact) mass is 382 g/mol. The van der Waals surface area contributed by atoms with Gasteiger partial charge in [0.1, 0.15) is 6.61 Å². The molecule has 0 radical (unpaired) electrons. The van der Waals surface area contributed by atoms with Crippen molar-refractivity contribution in [2.45, 2.75) is 58.6 Å². The number of aromatic nitrogens is 1. The zero-order chi connectivity index (χ0) is 19.8. The fourth-order valence-corrected chi connectivity index (χ4v) is 3.67. The summed E-state index contributed by atoms with van der Waals surface area (Å²) in [6.07, 6.45) is 9.27. The molecule has 1 aromatic carbocycles.